The Bertz CT molecular complexity index is 881. The van der Waals surface area contributed by atoms with Crippen LogP contribution in [0.5, 0.6) is 0 Å². The Labute approximate surface area is 157 Å². The number of alkyl halides is 3. The molecule has 0 aliphatic carbocycles. The maximum absolute atomic E-state index is 14.1. The van der Waals surface area contributed by atoms with Crippen molar-refractivity contribution in [1.82, 2.24) is 10.4 Å². The van der Waals surface area contributed by atoms with Crippen LogP contribution in [-0.4, -0.2) is 23.6 Å². The van der Waals surface area contributed by atoms with Gasteiger partial charge >= 0.3 is 6.18 Å². The maximum Gasteiger partial charge on any atom is 0.409 e. The van der Waals surface area contributed by atoms with Gasteiger partial charge in [0.15, 0.2) is 6.04 Å². The lowest BCUT2D eigenvalue weighted by atomic mass is 9.84. The second-order valence-electron chi connectivity index (χ2n) is 8.93. The Morgan fingerprint density at radius 1 is 1.11 bits per heavy atom. The third-order valence-electron chi connectivity index (χ3n) is 5.12. The quantitative estimate of drug-likeness (QED) is 0.787. The number of amides is 1. The largest absolute Gasteiger partial charge is 0.409 e. The fraction of sp³-hybridized carbons (Fsp3) is 0.476. The molecule has 1 aliphatic heterocycles. The molecule has 0 bridgehead atoms. The molecule has 1 aliphatic rings. The van der Waals surface area contributed by atoms with Crippen molar-refractivity contribution in [1.29, 1.82) is 0 Å². The standard InChI is InChI=1S/C21H25F3N2O/c1-19(2,3)14-10-9-13-7-6-8-15(16(13)11-14)17(21(22,23)24)26-12-20(4,5)18(27)25-26/h6-11,17H,12H2,1-5H3,(H,25,27). The lowest BCUT2D eigenvalue weighted by molar-refractivity contribution is -0.191. The van der Waals surface area contributed by atoms with E-state index in [1.54, 1.807) is 19.9 Å². The summed E-state index contributed by atoms with van der Waals surface area (Å²) in [6.07, 6.45) is -4.53. The SMILES string of the molecule is CC1(C)CN(C(c2cccc3ccc(C(C)(C)C)cc23)C(F)(F)F)NC1=O. The zero-order valence-corrected chi connectivity index (χ0v) is 16.2. The first-order valence-corrected chi connectivity index (χ1v) is 8.98. The van der Waals surface area contributed by atoms with E-state index in [4.69, 9.17) is 0 Å². The van der Waals surface area contributed by atoms with E-state index in [1.807, 2.05) is 45.0 Å². The zero-order chi connectivity index (χ0) is 20.2. The van der Waals surface area contributed by atoms with Gasteiger partial charge in [0.25, 0.3) is 0 Å². The van der Waals surface area contributed by atoms with Gasteiger partial charge in [-0.15, -0.1) is 0 Å². The number of carbonyl (C=O) groups excluding carboxylic acids is 1. The summed E-state index contributed by atoms with van der Waals surface area (Å²) >= 11 is 0. The molecule has 1 atom stereocenters. The molecule has 0 spiro atoms. The van der Waals surface area contributed by atoms with E-state index < -0.39 is 23.5 Å². The predicted molar refractivity (Wildman–Crippen MR) is 100 cm³/mol. The average molecular weight is 378 g/mol. The van der Waals surface area contributed by atoms with Crippen LogP contribution in [-0.2, 0) is 10.2 Å². The van der Waals surface area contributed by atoms with E-state index in [-0.39, 0.29) is 17.5 Å². The molecule has 0 aromatic heterocycles. The molecule has 2 aromatic carbocycles. The summed E-state index contributed by atoms with van der Waals surface area (Å²) in [5.74, 6) is -0.396. The molecular weight excluding hydrogens is 353 g/mol. The molecule has 1 saturated heterocycles. The van der Waals surface area contributed by atoms with Gasteiger partial charge in [-0.1, -0.05) is 57.2 Å². The van der Waals surface area contributed by atoms with E-state index in [0.717, 1.165) is 16.0 Å². The molecule has 3 rings (SSSR count). The number of carbonyl (C=O) groups is 1. The fourth-order valence-electron chi connectivity index (χ4n) is 3.50. The topological polar surface area (TPSA) is 32.3 Å². The van der Waals surface area contributed by atoms with Gasteiger partial charge in [-0.05, 0) is 41.2 Å². The van der Waals surface area contributed by atoms with Crippen molar-refractivity contribution in [3.63, 3.8) is 0 Å². The molecule has 0 radical (unpaired) electrons. The highest BCUT2D eigenvalue weighted by atomic mass is 19.4. The summed E-state index contributed by atoms with van der Waals surface area (Å²) in [6.45, 7) is 9.38. The minimum absolute atomic E-state index is 0.00857. The van der Waals surface area contributed by atoms with Crippen LogP contribution < -0.4 is 5.43 Å². The van der Waals surface area contributed by atoms with Gasteiger partial charge in [0.1, 0.15) is 0 Å². The summed E-state index contributed by atoms with van der Waals surface area (Å²) in [5.41, 5.74) is 2.50. The highest BCUT2D eigenvalue weighted by Crippen LogP contribution is 2.43. The third kappa shape index (κ3) is 3.68. The molecule has 0 saturated carbocycles. The van der Waals surface area contributed by atoms with Crippen LogP contribution in [0.1, 0.15) is 51.8 Å². The summed E-state index contributed by atoms with van der Waals surface area (Å²) < 4.78 is 42.3. The van der Waals surface area contributed by atoms with Gasteiger partial charge in [-0.3, -0.25) is 10.2 Å². The van der Waals surface area contributed by atoms with Crippen LogP contribution in [0.2, 0.25) is 0 Å². The maximum atomic E-state index is 14.1. The second-order valence-corrected chi connectivity index (χ2v) is 8.93. The van der Waals surface area contributed by atoms with Gasteiger partial charge in [-0.2, -0.15) is 13.2 Å². The highest BCUT2D eigenvalue weighted by Gasteiger charge is 2.51. The smallest absolute Gasteiger partial charge is 0.287 e. The molecule has 2 aromatic rings. The third-order valence-corrected chi connectivity index (χ3v) is 5.12. The first-order chi connectivity index (χ1) is 12.3. The minimum Gasteiger partial charge on any atom is -0.287 e. The van der Waals surface area contributed by atoms with Crippen molar-refractivity contribution in [2.75, 3.05) is 6.54 Å². The number of nitrogens with zero attached hydrogens (tertiary/aromatic N) is 1. The molecule has 1 unspecified atom stereocenters. The zero-order valence-electron chi connectivity index (χ0n) is 16.2. The molecule has 27 heavy (non-hydrogen) atoms. The molecule has 1 fully saturated rings. The number of hydrogen-bond donors (Lipinski definition) is 1. The number of hydrazine groups is 1. The molecule has 1 amide bonds. The first kappa shape index (κ1) is 19.7. The van der Waals surface area contributed by atoms with Crippen LogP contribution in [0.25, 0.3) is 10.8 Å². The lowest BCUT2D eigenvalue weighted by Gasteiger charge is -2.31. The summed E-state index contributed by atoms with van der Waals surface area (Å²) in [4.78, 5) is 12.1. The van der Waals surface area contributed by atoms with Gasteiger partial charge in [0, 0.05) is 6.54 Å². The number of nitrogens with one attached hydrogen (secondary N) is 1. The molecular formula is C21H25F3N2O. The number of hydrogen-bond acceptors (Lipinski definition) is 2. The van der Waals surface area contributed by atoms with E-state index in [2.05, 4.69) is 5.43 Å². The van der Waals surface area contributed by atoms with Crippen LogP contribution in [0.4, 0.5) is 13.2 Å². The van der Waals surface area contributed by atoms with Crippen molar-refractivity contribution < 1.29 is 18.0 Å². The Morgan fingerprint density at radius 2 is 1.78 bits per heavy atom. The Kier molecular flexibility index (Phi) is 4.54. The van der Waals surface area contributed by atoms with Gasteiger partial charge in [0.2, 0.25) is 5.91 Å². The lowest BCUT2D eigenvalue weighted by Crippen LogP contribution is -2.43. The number of halogens is 3. The fourth-order valence-corrected chi connectivity index (χ4v) is 3.50. The Balaban J connectivity index is 2.18. The van der Waals surface area contributed by atoms with E-state index in [0.29, 0.717) is 5.39 Å². The Morgan fingerprint density at radius 3 is 2.30 bits per heavy atom. The van der Waals surface area contributed by atoms with Crippen LogP contribution in [0.3, 0.4) is 0 Å². The van der Waals surface area contributed by atoms with Crippen molar-refractivity contribution in [3.05, 3.63) is 47.5 Å². The molecule has 3 nitrogen and oxygen atoms in total. The average Bonchev–Trinajstić information content (AvgIpc) is 2.78. The molecule has 146 valence electrons. The molecule has 6 heteroatoms. The summed E-state index contributed by atoms with van der Waals surface area (Å²) in [7, 11) is 0. The van der Waals surface area contributed by atoms with Crippen molar-refractivity contribution in [2.24, 2.45) is 5.41 Å². The number of fused-ring (bicyclic) bond motifs is 1. The van der Waals surface area contributed by atoms with Crippen LogP contribution >= 0.6 is 0 Å². The first-order valence-electron chi connectivity index (χ1n) is 8.98. The van der Waals surface area contributed by atoms with Crippen LogP contribution in [0, 0.1) is 5.41 Å². The van der Waals surface area contributed by atoms with E-state index in [1.165, 1.54) is 6.07 Å². The van der Waals surface area contributed by atoms with Crippen LogP contribution in [0.15, 0.2) is 36.4 Å². The second kappa shape index (κ2) is 6.23. The number of rotatable bonds is 2. The predicted octanol–water partition coefficient (Wildman–Crippen LogP) is 5.11. The van der Waals surface area contributed by atoms with E-state index >= 15 is 0 Å². The summed E-state index contributed by atoms with van der Waals surface area (Å²) in [5, 5.41) is 2.34. The number of benzene rings is 2. The monoisotopic (exact) mass is 378 g/mol. The van der Waals surface area contributed by atoms with Crippen molar-refractivity contribution in [3.8, 4) is 0 Å². The van der Waals surface area contributed by atoms with Gasteiger partial charge in [0.05, 0.1) is 5.41 Å². The van der Waals surface area contributed by atoms with Crippen molar-refractivity contribution >= 4 is 16.7 Å². The highest BCUT2D eigenvalue weighted by molar-refractivity contribution is 5.87. The van der Waals surface area contributed by atoms with E-state index in [9.17, 15) is 18.0 Å². The minimum atomic E-state index is -4.53. The van der Waals surface area contributed by atoms with Crippen molar-refractivity contribution in [2.45, 2.75) is 52.3 Å². The van der Waals surface area contributed by atoms with Gasteiger partial charge < -0.3 is 0 Å². The molecule has 1 N–H and O–H groups in total. The van der Waals surface area contributed by atoms with Gasteiger partial charge in [-0.25, -0.2) is 5.01 Å². The summed E-state index contributed by atoms with van der Waals surface area (Å²) in [6, 6.07) is 8.70. The Hall–Kier alpha value is -2.08. The normalized spacial score (nSPS) is 19.3. The molecule has 1 heterocycles.